The van der Waals surface area contributed by atoms with E-state index in [2.05, 4.69) is 11.8 Å². The molecule has 7 heteroatoms. The molecule has 0 N–H and O–H groups in total. The zero-order valence-electron chi connectivity index (χ0n) is 18.7. The van der Waals surface area contributed by atoms with Gasteiger partial charge in [0.15, 0.2) is 0 Å². The highest BCUT2D eigenvalue weighted by Gasteiger charge is 2.30. The van der Waals surface area contributed by atoms with Gasteiger partial charge in [-0.2, -0.15) is 0 Å². The molecule has 0 aromatic heterocycles. The number of aryl methyl sites for hydroxylation is 1. The number of hydrogen-bond donors (Lipinski definition) is 0. The summed E-state index contributed by atoms with van der Waals surface area (Å²) in [7, 11) is 0. The molecule has 1 heterocycles. The summed E-state index contributed by atoms with van der Waals surface area (Å²) < 4.78 is 5.50. The lowest BCUT2D eigenvalue weighted by molar-refractivity contribution is -0.384. The van der Waals surface area contributed by atoms with Gasteiger partial charge in [0.1, 0.15) is 5.60 Å². The smallest absolute Gasteiger partial charge is 0.410 e. The Kier molecular flexibility index (Phi) is 7.01. The van der Waals surface area contributed by atoms with Crippen molar-refractivity contribution in [2.45, 2.75) is 71.4 Å². The van der Waals surface area contributed by atoms with Gasteiger partial charge in [-0.1, -0.05) is 13.0 Å². The van der Waals surface area contributed by atoms with Crippen molar-refractivity contribution >= 4 is 11.8 Å². The first-order valence-corrected chi connectivity index (χ1v) is 11.1. The van der Waals surface area contributed by atoms with Gasteiger partial charge in [0.25, 0.3) is 5.69 Å². The maximum absolute atomic E-state index is 12.3. The highest BCUT2D eigenvalue weighted by atomic mass is 16.6. The zero-order valence-corrected chi connectivity index (χ0v) is 18.7. The van der Waals surface area contributed by atoms with E-state index in [0.717, 1.165) is 63.8 Å². The molecule has 1 amide bonds. The Morgan fingerprint density at radius 1 is 1.23 bits per heavy atom. The molecular formula is C23H35N3O4. The van der Waals surface area contributed by atoms with Crippen LogP contribution in [-0.4, -0.2) is 58.6 Å². The minimum atomic E-state index is -0.459. The van der Waals surface area contributed by atoms with E-state index in [4.69, 9.17) is 4.74 Å². The fourth-order valence-electron chi connectivity index (χ4n) is 4.64. The number of nitrogens with zero attached hydrogens (tertiary/aromatic N) is 3. The van der Waals surface area contributed by atoms with E-state index in [9.17, 15) is 14.9 Å². The van der Waals surface area contributed by atoms with Crippen LogP contribution in [0.25, 0.3) is 0 Å². The summed E-state index contributed by atoms with van der Waals surface area (Å²) in [6.07, 6.45) is 4.72. The summed E-state index contributed by atoms with van der Waals surface area (Å²) in [6.45, 7) is 11.4. The number of nitro benzene ring substituents is 1. The topological polar surface area (TPSA) is 75.9 Å². The molecule has 3 rings (SSSR count). The molecule has 1 saturated heterocycles. The number of non-ortho nitro benzene ring substituents is 1. The standard InChI is InChI=1S/C23H35N3O4/c1-5-24(16-17-10-12-25(13-11-17)22(27)30-23(2,3)4)20-8-6-18-7-9-21(26(28)29)15-19(18)14-20/h7,9,15,17,20H,5-6,8,10-14,16H2,1-4H3. The molecule has 1 fully saturated rings. The first kappa shape index (κ1) is 22.5. The Labute approximate surface area is 179 Å². The Bertz CT molecular complexity index is 766. The molecule has 0 saturated carbocycles. The summed E-state index contributed by atoms with van der Waals surface area (Å²) in [4.78, 5) is 27.5. The number of hydrogen-bond acceptors (Lipinski definition) is 5. The van der Waals surface area contributed by atoms with Crippen molar-refractivity contribution < 1.29 is 14.5 Å². The van der Waals surface area contributed by atoms with Gasteiger partial charge in [-0.15, -0.1) is 0 Å². The van der Waals surface area contributed by atoms with Gasteiger partial charge >= 0.3 is 6.09 Å². The van der Waals surface area contributed by atoms with E-state index in [1.165, 1.54) is 5.56 Å². The van der Waals surface area contributed by atoms with Crippen LogP contribution in [0.1, 0.15) is 58.1 Å². The van der Waals surface area contributed by atoms with Crippen LogP contribution in [0.4, 0.5) is 10.5 Å². The van der Waals surface area contributed by atoms with Crippen LogP contribution in [0, 0.1) is 16.0 Å². The summed E-state index contributed by atoms with van der Waals surface area (Å²) in [5.74, 6) is 0.565. The normalized spacial score (nSPS) is 20.2. The largest absolute Gasteiger partial charge is 0.444 e. The van der Waals surface area contributed by atoms with Gasteiger partial charge in [-0.3, -0.25) is 10.1 Å². The number of fused-ring (bicyclic) bond motifs is 1. The minimum absolute atomic E-state index is 0.187. The number of nitro groups is 1. The van der Waals surface area contributed by atoms with Gasteiger partial charge in [0.05, 0.1) is 4.92 Å². The third-order valence-corrected chi connectivity index (χ3v) is 6.28. The third-order valence-electron chi connectivity index (χ3n) is 6.28. The third kappa shape index (κ3) is 5.72. The average Bonchev–Trinajstić information content (AvgIpc) is 2.70. The van der Waals surface area contributed by atoms with Crippen molar-refractivity contribution in [3.63, 3.8) is 0 Å². The number of ether oxygens (including phenoxy) is 1. The molecule has 166 valence electrons. The first-order chi connectivity index (χ1) is 14.2. The first-order valence-electron chi connectivity index (χ1n) is 11.1. The van der Waals surface area contributed by atoms with Crippen molar-refractivity contribution in [2.24, 2.45) is 5.92 Å². The molecule has 1 aromatic rings. The minimum Gasteiger partial charge on any atom is -0.444 e. The molecule has 0 spiro atoms. The molecule has 7 nitrogen and oxygen atoms in total. The SMILES string of the molecule is CCN(CC1CCN(C(=O)OC(C)(C)C)CC1)C1CCc2ccc([N+](=O)[O-])cc2C1. The Morgan fingerprint density at radius 3 is 2.53 bits per heavy atom. The maximum atomic E-state index is 12.3. The lowest BCUT2D eigenvalue weighted by atomic mass is 9.86. The summed E-state index contributed by atoms with van der Waals surface area (Å²) in [5, 5.41) is 11.1. The second-order valence-corrected chi connectivity index (χ2v) is 9.61. The molecule has 1 aliphatic heterocycles. The highest BCUT2D eigenvalue weighted by molar-refractivity contribution is 5.68. The van der Waals surface area contributed by atoms with Crippen molar-refractivity contribution in [3.8, 4) is 0 Å². The Balaban J connectivity index is 1.55. The number of amides is 1. The second-order valence-electron chi connectivity index (χ2n) is 9.61. The van der Waals surface area contributed by atoms with E-state index in [1.54, 1.807) is 12.1 Å². The van der Waals surface area contributed by atoms with Crippen LogP contribution >= 0.6 is 0 Å². The van der Waals surface area contributed by atoms with Crippen LogP contribution in [0.5, 0.6) is 0 Å². The van der Waals surface area contributed by atoms with Gasteiger partial charge < -0.3 is 14.5 Å². The van der Waals surface area contributed by atoms with E-state index in [1.807, 2.05) is 31.7 Å². The fourth-order valence-corrected chi connectivity index (χ4v) is 4.64. The number of likely N-dealkylation sites (tertiary alicyclic amines) is 1. The molecule has 1 atom stereocenters. The summed E-state index contributed by atoms with van der Waals surface area (Å²) in [6, 6.07) is 5.73. The second kappa shape index (κ2) is 9.33. The van der Waals surface area contributed by atoms with Gasteiger partial charge in [-0.25, -0.2) is 4.79 Å². The molecule has 1 aromatic carbocycles. The summed E-state index contributed by atoms with van der Waals surface area (Å²) >= 11 is 0. The highest BCUT2D eigenvalue weighted by Crippen LogP contribution is 2.29. The van der Waals surface area contributed by atoms with Gasteiger partial charge in [-0.05, 0) is 76.5 Å². The number of likely N-dealkylation sites (N-methyl/N-ethyl adjacent to an activating group) is 1. The van der Waals surface area contributed by atoms with Crippen molar-refractivity contribution in [1.82, 2.24) is 9.80 Å². The number of piperidine rings is 1. The molecule has 1 unspecified atom stereocenters. The van der Waals surface area contributed by atoms with Crippen LogP contribution < -0.4 is 0 Å². The molecule has 0 radical (unpaired) electrons. The number of carbonyl (C=O) groups excluding carboxylic acids is 1. The van der Waals surface area contributed by atoms with E-state index in [0.29, 0.717) is 12.0 Å². The molecular weight excluding hydrogens is 382 g/mol. The van der Waals surface area contributed by atoms with Crippen LogP contribution in [-0.2, 0) is 17.6 Å². The van der Waals surface area contributed by atoms with Crippen LogP contribution in [0.15, 0.2) is 18.2 Å². The van der Waals surface area contributed by atoms with Gasteiger partial charge in [0.2, 0.25) is 0 Å². The van der Waals surface area contributed by atoms with Crippen molar-refractivity contribution in [3.05, 3.63) is 39.4 Å². The monoisotopic (exact) mass is 417 g/mol. The van der Waals surface area contributed by atoms with Crippen molar-refractivity contribution in [1.29, 1.82) is 0 Å². The predicted octanol–water partition coefficient (Wildman–Crippen LogP) is 4.42. The van der Waals surface area contributed by atoms with E-state index < -0.39 is 5.60 Å². The van der Waals surface area contributed by atoms with E-state index >= 15 is 0 Å². The molecule has 1 aliphatic carbocycles. The lowest BCUT2D eigenvalue weighted by Crippen LogP contribution is -2.46. The average molecular weight is 418 g/mol. The Morgan fingerprint density at radius 2 is 1.93 bits per heavy atom. The maximum Gasteiger partial charge on any atom is 0.410 e. The predicted molar refractivity (Wildman–Crippen MR) is 117 cm³/mol. The van der Waals surface area contributed by atoms with Crippen LogP contribution in [0.2, 0.25) is 0 Å². The molecule has 0 bridgehead atoms. The molecule has 30 heavy (non-hydrogen) atoms. The number of rotatable bonds is 5. The number of carbonyl (C=O) groups is 1. The van der Waals surface area contributed by atoms with Gasteiger partial charge in [0, 0.05) is 37.8 Å². The van der Waals surface area contributed by atoms with E-state index in [-0.39, 0.29) is 16.7 Å². The molecule has 2 aliphatic rings. The number of benzene rings is 1. The lowest BCUT2D eigenvalue weighted by Gasteiger charge is -2.39. The van der Waals surface area contributed by atoms with Crippen molar-refractivity contribution in [2.75, 3.05) is 26.2 Å². The zero-order chi connectivity index (χ0) is 21.9. The Hall–Kier alpha value is -2.15. The summed E-state index contributed by atoms with van der Waals surface area (Å²) in [5.41, 5.74) is 2.10. The fraction of sp³-hybridized carbons (Fsp3) is 0.696. The quantitative estimate of drug-likeness (QED) is 0.524. The van der Waals surface area contributed by atoms with Crippen LogP contribution in [0.3, 0.4) is 0 Å².